The largest absolute Gasteiger partial charge is 0.337 e. The van der Waals surface area contributed by atoms with Crippen molar-refractivity contribution in [3.05, 3.63) is 113 Å². The maximum atomic E-state index is 13.7. The zero-order valence-corrected chi connectivity index (χ0v) is 21.0. The summed E-state index contributed by atoms with van der Waals surface area (Å²) in [6.45, 7) is 5.38. The Kier molecular flexibility index (Phi) is 6.73. The quantitative estimate of drug-likeness (QED) is 0.245. The van der Waals surface area contributed by atoms with Gasteiger partial charge in [0, 0.05) is 42.2 Å². The van der Waals surface area contributed by atoms with E-state index >= 15 is 0 Å². The van der Waals surface area contributed by atoms with Crippen LogP contribution in [0.2, 0.25) is 0 Å². The summed E-state index contributed by atoms with van der Waals surface area (Å²) in [7, 11) is 0. The molecule has 5 rings (SSSR count). The molecule has 6 nitrogen and oxygen atoms in total. The lowest BCUT2D eigenvalue weighted by molar-refractivity contribution is 0.0984. The normalized spacial score (nSPS) is 11.1. The van der Waals surface area contributed by atoms with E-state index in [1.54, 1.807) is 53.8 Å². The molecule has 0 fully saturated rings. The molecule has 0 saturated heterocycles. The van der Waals surface area contributed by atoms with E-state index in [0.717, 1.165) is 28.7 Å². The molecule has 1 amide bonds. The third-order valence-electron chi connectivity index (χ3n) is 6.08. The number of ketones is 1. The van der Waals surface area contributed by atoms with Crippen LogP contribution in [0.25, 0.3) is 10.2 Å². The zero-order chi connectivity index (χ0) is 25.1. The summed E-state index contributed by atoms with van der Waals surface area (Å²) >= 11 is 1.53. The van der Waals surface area contributed by atoms with Gasteiger partial charge >= 0.3 is 0 Å². The second-order valence-electron chi connectivity index (χ2n) is 8.81. The minimum absolute atomic E-state index is 0.0659. The van der Waals surface area contributed by atoms with Crippen molar-refractivity contribution in [3.8, 4) is 0 Å². The molecule has 7 heteroatoms. The van der Waals surface area contributed by atoms with Crippen LogP contribution in [-0.2, 0) is 6.54 Å². The number of aryl methyl sites for hydroxylation is 3. The molecule has 36 heavy (non-hydrogen) atoms. The number of imidazole rings is 1. The van der Waals surface area contributed by atoms with E-state index in [-0.39, 0.29) is 11.7 Å². The molecule has 0 aliphatic carbocycles. The smallest absolute Gasteiger partial charge is 0.260 e. The van der Waals surface area contributed by atoms with Crippen molar-refractivity contribution in [1.29, 1.82) is 0 Å². The second-order valence-corrected chi connectivity index (χ2v) is 9.82. The van der Waals surface area contributed by atoms with Crippen molar-refractivity contribution >= 4 is 38.4 Å². The summed E-state index contributed by atoms with van der Waals surface area (Å²) in [6, 6.07) is 20.3. The molecule has 0 spiro atoms. The van der Waals surface area contributed by atoms with Gasteiger partial charge in [-0.2, -0.15) is 0 Å². The van der Waals surface area contributed by atoms with Crippen molar-refractivity contribution in [2.75, 3.05) is 11.4 Å². The highest BCUT2D eigenvalue weighted by Crippen LogP contribution is 2.32. The van der Waals surface area contributed by atoms with Gasteiger partial charge in [0.25, 0.3) is 5.91 Å². The number of carbonyl (C=O) groups excluding carboxylic acids is 2. The van der Waals surface area contributed by atoms with E-state index in [1.807, 2.05) is 35.9 Å². The number of nitrogens with zero attached hydrogens (tertiary/aromatic N) is 4. The fourth-order valence-electron chi connectivity index (χ4n) is 4.27. The highest BCUT2D eigenvalue weighted by molar-refractivity contribution is 7.22. The van der Waals surface area contributed by atoms with Crippen LogP contribution in [0, 0.1) is 13.8 Å². The van der Waals surface area contributed by atoms with Crippen LogP contribution in [0.1, 0.15) is 43.8 Å². The van der Waals surface area contributed by atoms with E-state index in [2.05, 4.69) is 24.0 Å². The van der Waals surface area contributed by atoms with Crippen LogP contribution in [0.15, 0.2) is 85.5 Å². The third kappa shape index (κ3) is 4.97. The second kappa shape index (κ2) is 10.3. The van der Waals surface area contributed by atoms with Gasteiger partial charge in [-0.25, -0.2) is 9.97 Å². The molecule has 0 aliphatic heterocycles. The Morgan fingerprint density at radius 3 is 2.39 bits per heavy atom. The molecule has 0 unspecified atom stereocenters. The summed E-state index contributed by atoms with van der Waals surface area (Å²) in [5, 5.41) is 0.679. The van der Waals surface area contributed by atoms with Gasteiger partial charge in [0.2, 0.25) is 0 Å². The number of rotatable bonds is 8. The zero-order valence-electron chi connectivity index (χ0n) is 20.2. The number of aromatic nitrogens is 3. The van der Waals surface area contributed by atoms with Crippen LogP contribution < -0.4 is 4.90 Å². The van der Waals surface area contributed by atoms with Gasteiger partial charge in [-0.1, -0.05) is 59.9 Å². The van der Waals surface area contributed by atoms with Gasteiger partial charge in [0.05, 0.1) is 16.5 Å². The molecular weight excluding hydrogens is 468 g/mol. The number of carbonyl (C=O) groups is 2. The number of hydrogen-bond acceptors (Lipinski definition) is 5. The van der Waals surface area contributed by atoms with Gasteiger partial charge in [-0.05, 0) is 49.6 Å². The maximum Gasteiger partial charge on any atom is 0.260 e. The summed E-state index contributed by atoms with van der Waals surface area (Å²) in [5.41, 5.74) is 4.90. The third-order valence-corrected chi connectivity index (χ3v) is 7.11. The number of benzene rings is 3. The van der Waals surface area contributed by atoms with Gasteiger partial charge < -0.3 is 4.57 Å². The lowest BCUT2D eigenvalue weighted by Crippen LogP contribution is -2.32. The standard InChI is InChI=1S/C29H26N4O2S/c1-20-17-21(2)26-25(18-20)36-29(31-26)33(15-6-14-32-16-13-30-19-32)28(35)24-11-9-23(10-12-24)27(34)22-7-4-3-5-8-22/h3-5,7-13,16-19H,6,14-15H2,1-2H3. The molecular formula is C29H26N4O2S. The number of amides is 1. The minimum Gasteiger partial charge on any atom is -0.337 e. The molecule has 0 N–H and O–H groups in total. The maximum absolute atomic E-state index is 13.7. The first-order valence-corrected chi connectivity index (χ1v) is 12.7. The first kappa shape index (κ1) is 23.6. The highest BCUT2D eigenvalue weighted by atomic mass is 32.1. The molecule has 180 valence electrons. The summed E-state index contributed by atoms with van der Waals surface area (Å²) in [6.07, 6.45) is 6.19. The van der Waals surface area contributed by atoms with Crippen molar-refractivity contribution in [1.82, 2.24) is 14.5 Å². The molecule has 2 heterocycles. The Hall–Kier alpha value is -4.10. The lowest BCUT2D eigenvalue weighted by Gasteiger charge is -2.20. The molecule has 0 saturated carbocycles. The molecule has 5 aromatic rings. The summed E-state index contributed by atoms with van der Waals surface area (Å²) in [5.74, 6) is -0.198. The number of thiazole rings is 1. The van der Waals surface area contributed by atoms with Gasteiger partial charge in [0.1, 0.15) is 0 Å². The predicted molar refractivity (Wildman–Crippen MR) is 144 cm³/mol. The average molecular weight is 495 g/mol. The monoisotopic (exact) mass is 494 g/mol. The van der Waals surface area contributed by atoms with Crippen molar-refractivity contribution in [3.63, 3.8) is 0 Å². The average Bonchev–Trinajstić information content (AvgIpc) is 3.57. The molecule has 0 bridgehead atoms. The Morgan fingerprint density at radius 1 is 0.944 bits per heavy atom. The first-order chi connectivity index (χ1) is 17.5. The molecule has 0 radical (unpaired) electrons. The minimum atomic E-state index is -0.132. The number of hydrogen-bond donors (Lipinski definition) is 0. The Labute approximate surface area is 213 Å². The Bertz CT molecular complexity index is 1510. The molecule has 0 aliphatic rings. The van der Waals surface area contributed by atoms with E-state index in [9.17, 15) is 9.59 Å². The Morgan fingerprint density at radius 2 is 1.67 bits per heavy atom. The summed E-state index contributed by atoms with van der Waals surface area (Å²) in [4.78, 5) is 37.2. The molecule has 2 aromatic heterocycles. The SMILES string of the molecule is Cc1cc(C)c2nc(N(CCCn3ccnc3)C(=O)c3ccc(C(=O)c4ccccc4)cc3)sc2c1. The van der Waals surface area contributed by atoms with Crippen LogP contribution >= 0.6 is 11.3 Å². The van der Waals surface area contributed by atoms with Gasteiger partial charge in [-0.15, -0.1) is 0 Å². The van der Waals surface area contributed by atoms with Crippen molar-refractivity contribution in [2.45, 2.75) is 26.8 Å². The Balaban J connectivity index is 1.42. The van der Waals surface area contributed by atoms with Crippen molar-refractivity contribution < 1.29 is 9.59 Å². The van der Waals surface area contributed by atoms with E-state index in [0.29, 0.717) is 28.4 Å². The van der Waals surface area contributed by atoms with Crippen LogP contribution in [0.3, 0.4) is 0 Å². The predicted octanol–water partition coefficient (Wildman–Crippen LogP) is 6.08. The summed E-state index contributed by atoms with van der Waals surface area (Å²) < 4.78 is 3.07. The fraction of sp³-hybridized carbons (Fsp3) is 0.172. The molecule has 0 atom stereocenters. The number of anilines is 1. The fourth-order valence-corrected chi connectivity index (χ4v) is 5.43. The molecule has 3 aromatic carbocycles. The van der Waals surface area contributed by atoms with E-state index in [4.69, 9.17) is 4.98 Å². The van der Waals surface area contributed by atoms with Crippen LogP contribution in [-0.4, -0.2) is 32.8 Å². The number of fused-ring (bicyclic) bond motifs is 1. The van der Waals surface area contributed by atoms with E-state index < -0.39 is 0 Å². The first-order valence-electron chi connectivity index (χ1n) is 11.8. The topological polar surface area (TPSA) is 68.1 Å². The van der Waals surface area contributed by atoms with Gasteiger partial charge in [-0.3, -0.25) is 14.5 Å². The lowest BCUT2D eigenvalue weighted by atomic mass is 10.0. The highest BCUT2D eigenvalue weighted by Gasteiger charge is 2.22. The van der Waals surface area contributed by atoms with Crippen LogP contribution in [0.5, 0.6) is 0 Å². The van der Waals surface area contributed by atoms with Crippen molar-refractivity contribution in [2.24, 2.45) is 0 Å². The van der Waals surface area contributed by atoms with Crippen LogP contribution in [0.4, 0.5) is 5.13 Å². The van der Waals surface area contributed by atoms with Gasteiger partial charge in [0.15, 0.2) is 10.9 Å². The van der Waals surface area contributed by atoms with E-state index in [1.165, 1.54) is 16.9 Å².